The minimum absolute atomic E-state index is 0.00250. The van der Waals surface area contributed by atoms with Crippen molar-refractivity contribution >= 4 is 13.8 Å². The van der Waals surface area contributed by atoms with Gasteiger partial charge in [-0.3, -0.25) is 13.8 Å². The molecule has 8 nitrogen and oxygen atoms in total. The first-order valence-corrected chi connectivity index (χ1v) is 21.6. The molecule has 3 N–H and O–H groups in total. The quantitative estimate of drug-likeness (QED) is 0.0212. The summed E-state index contributed by atoms with van der Waals surface area (Å²) in [7, 11) is -4.31. The van der Waals surface area contributed by atoms with Crippen LogP contribution in [0.1, 0.15) is 149 Å². The van der Waals surface area contributed by atoms with Crippen LogP contribution in [0.25, 0.3) is 0 Å². The predicted octanol–water partition coefficient (Wildman–Crippen LogP) is 12.1. The van der Waals surface area contributed by atoms with Crippen LogP contribution in [0, 0.1) is 0 Å². The van der Waals surface area contributed by atoms with Gasteiger partial charge in [0.25, 0.3) is 0 Å². The Kier molecular flexibility index (Phi) is 37.8. The molecule has 0 heterocycles. The Balaban J connectivity index is 4.28. The Bertz CT molecular complexity index is 1060. The molecule has 0 aliphatic carbocycles. The second-order valence-corrected chi connectivity index (χ2v) is 14.3. The van der Waals surface area contributed by atoms with E-state index in [2.05, 4.69) is 74.6 Å². The minimum Gasteiger partial charge on any atom is -0.498 e. The van der Waals surface area contributed by atoms with E-state index in [-0.39, 0.29) is 32.8 Å². The Labute approximate surface area is 318 Å². The molecule has 9 heteroatoms. The summed E-state index contributed by atoms with van der Waals surface area (Å²) in [6, 6.07) is 0. The third kappa shape index (κ3) is 38.7. The van der Waals surface area contributed by atoms with E-state index in [1.54, 1.807) is 6.26 Å². The summed E-state index contributed by atoms with van der Waals surface area (Å²) in [5, 5.41) is 0. The monoisotopic (exact) mass is 748 g/mol. The van der Waals surface area contributed by atoms with Gasteiger partial charge in [0.15, 0.2) is 6.10 Å². The standard InChI is InChI=1S/C43H74NO7P/c1-3-5-7-9-11-13-15-17-19-20-21-22-23-24-26-28-30-32-34-36-43(45)51-42(41-50-52(46,47)49-39-37-44)40-48-38-35-33-31-29-27-25-18-16-14-12-10-8-6-4-2/h5,7,11,13,17,19,21-22,24,26,30,32,35,38,42H,3-4,6,8-10,12,14-16,18,20,23,25,27-29,31,33-34,36-37,39-41,44H2,1-2H3,(H,46,47)/b7-5-,13-11-,19-17-,22-21-,26-24-,32-30-,38-35-. The summed E-state index contributed by atoms with van der Waals surface area (Å²) in [5.74, 6) is -0.437. The third-order valence-electron chi connectivity index (χ3n) is 7.90. The van der Waals surface area contributed by atoms with Crippen molar-refractivity contribution in [2.45, 2.75) is 155 Å². The van der Waals surface area contributed by atoms with Gasteiger partial charge in [-0.15, -0.1) is 0 Å². The van der Waals surface area contributed by atoms with E-state index in [4.69, 9.17) is 24.3 Å². The largest absolute Gasteiger partial charge is 0.498 e. The molecule has 0 spiro atoms. The molecule has 0 saturated heterocycles. The SMILES string of the molecule is CC/C=C\C/C=C\C/C=C\C/C=C\C/C=C\C/C=C\CCC(=O)OC(CO/C=C\CCCCCCCCCCCCCC)COP(=O)(O)OCCN. The van der Waals surface area contributed by atoms with Crippen LogP contribution in [0.3, 0.4) is 0 Å². The Morgan fingerprint density at radius 1 is 0.615 bits per heavy atom. The van der Waals surface area contributed by atoms with Crippen LogP contribution < -0.4 is 5.73 Å². The Hall–Kier alpha value is -2.48. The lowest BCUT2D eigenvalue weighted by atomic mass is 10.0. The van der Waals surface area contributed by atoms with Gasteiger partial charge in [-0.2, -0.15) is 0 Å². The zero-order valence-electron chi connectivity index (χ0n) is 32.8. The number of hydrogen-bond acceptors (Lipinski definition) is 7. The number of hydrogen-bond donors (Lipinski definition) is 2. The van der Waals surface area contributed by atoms with Gasteiger partial charge in [0.1, 0.15) is 6.61 Å². The summed E-state index contributed by atoms with van der Waals surface area (Å²) in [6.07, 6.45) is 51.3. The zero-order chi connectivity index (χ0) is 38.1. The first-order chi connectivity index (χ1) is 25.4. The van der Waals surface area contributed by atoms with Crippen molar-refractivity contribution in [1.82, 2.24) is 0 Å². The molecule has 0 amide bonds. The van der Waals surface area contributed by atoms with E-state index in [0.717, 1.165) is 51.4 Å². The van der Waals surface area contributed by atoms with Crippen molar-refractivity contribution < 1.29 is 32.8 Å². The van der Waals surface area contributed by atoms with E-state index in [1.165, 1.54) is 70.6 Å². The number of phosphoric acid groups is 1. The van der Waals surface area contributed by atoms with Crippen LogP contribution in [0.15, 0.2) is 85.3 Å². The number of allylic oxidation sites excluding steroid dienone is 13. The lowest BCUT2D eigenvalue weighted by Crippen LogP contribution is -2.27. The molecule has 0 fully saturated rings. The number of unbranched alkanes of at least 4 members (excludes halogenated alkanes) is 12. The fourth-order valence-corrected chi connectivity index (χ4v) is 5.75. The summed E-state index contributed by atoms with van der Waals surface area (Å²) in [6.45, 7) is 4.02. The molecule has 0 radical (unpaired) electrons. The topological polar surface area (TPSA) is 117 Å². The highest BCUT2D eigenvalue weighted by molar-refractivity contribution is 7.47. The van der Waals surface area contributed by atoms with Crippen molar-refractivity contribution in [2.75, 3.05) is 26.4 Å². The smallest absolute Gasteiger partial charge is 0.472 e. The van der Waals surface area contributed by atoms with Gasteiger partial charge in [-0.25, -0.2) is 4.57 Å². The number of rotatable bonds is 37. The highest BCUT2D eigenvalue weighted by atomic mass is 31.2. The van der Waals surface area contributed by atoms with Crippen molar-refractivity contribution in [1.29, 1.82) is 0 Å². The van der Waals surface area contributed by atoms with E-state index in [1.807, 2.05) is 18.2 Å². The number of phosphoric ester groups is 1. The van der Waals surface area contributed by atoms with Gasteiger partial charge in [0.05, 0.1) is 19.5 Å². The molecule has 52 heavy (non-hydrogen) atoms. The summed E-state index contributed by atoms with van der Waals surface area (Å²) in [4.78, 5) is 22.4. The van der Waals surface area contributed by atoms with Gasteiger partial charge in [0.2, 0.25) is 0 Å². The van der Waals surface area contributed by atoms with Crippen molar-refractivity contribution in [3.63, 3.8) is 0 Å². The van der Waals surface area contributed by atoms with Crippen molar-refractivity contribution in [3.05, 3.63) is 85.3 Å². The molecule has 0 aliphatic rings. The average Bonchev–Trinajstić information content (AvgIpc) is 3.13. The fraction of sp³-hybridized carbons (Fsp3) is 0.651. The van der Waals surface area contributed by atoms with Crippen LogP contribution in [-0.4, -0.2) is 43.3 Å². The van der Waals surface area contributed by atoms with Crippen LogP contribution in [0.2, 0.25) is 0 Å². The highest BCUT2D eigenvalue weighted by Gasteiger charge is 2.25. The number of esters is 1. The maximum atomic E-state index is 12.5. The van der Waals surface area contributed by atoms with Gasteiger partial charge >= 0.3 is 13.8 Å². The lowest BCUT2D eigenvalue weighted by molar-refractivity contribution is -0.153. The van der Waals surface area contributed by atoms with Crippen LogP contribution in [0.4, 0.5) is 0 Å². The molecule has 298 valence electrons. The number of nitrogens with two attached hydrogens (primary N) is 1. The maximum Gasteiger partial charge on any atom is 0.472 e. The van der Waals surface area contributed by atoms with Gasteiger partial charge < -0.3 is 20.1 Å². The third-order valence-corrected chi connectivity index (χ3v) is 8.89. The molecule has 2 atom stereocenters. The molecule has 0 saturated carbocycles. The predicted molar refractivity (Wildman–Crippen MR) is 219 cm³/mol. The lowest BCUT2D eigenvalue weighted by Gasteiger charge is -2.19. The minimum atomic E-state index is -4.31. The molecule has 0 aromatic rings. The molecular formula is C43H74NO7P. The van der Waals surface area contributed by atoms with Crippen LogP contribution in [0.5, 0.6) is 0 Å². The van der Waals surface area contributed by atoms with Gasteiger partial charge in [-0.1, -0.05) is 157 Å². The molecule has 0 bridgehead atoms. The molecular weight excluding hydrogens is 673 g/mol. The fourth-order valence-electron chi connectivity index (χ4n) is 4.99. The van der Waals surface area contributed by atoms with E-state index in [9.17, 15) is 14.3 Å². The molecule has 2 unspecified atom stereocenters. The summed E-state index contributed by atoms with van der Waals surface area (Å²) >= 11 is 0. The Morgan fingerprint density at radius 2 is 1.10 bits per heavy atom. The van der Waals surface area contributed by atoms with Gasteiger partial charge in [-0.05, 0) is 63.9 Å². The zero-order valence-corrected chi connectivity index (χ0v) is 33.7. The normalized spacial score (nSPS) is 14.4. The highest BCUT2D eigenvalue weighted by Crippen LogP contribution is 2.43. The second-order valence-electron chi connectivity index (χ2n) is 12.8. The average molecular weight is 748 g/mol. The summed E-state index contributed by atoms with van der Waals surface area (Å²) < 4.78 is 33.0. The summed E-state index contributed by atoms with van der Waals surface area (Å²) in [5.41, 5.74) is 5.35. The first kappa shape index (κ1) is 49.5. The Morgan fingerprint density at radius 3 is 1.60 bits per heavy atom. The van der Waals surface area contributed by atoms with Crippen molar-refractivity contribution in [2.24, 2.45) is 5.73 Å². The first-order valence-electron chi connectivity index (χ1n) is 20.1. The molecule has 0 aromatic carbocycles. The van der Waals surface area contributed by atoms with Gasteiger partial charge in [0, 0.05) is 13.0 Å². The van der Waals surface area contributed by atoms with Crippen molar-refractivity contribution in [3.8, 4) is 0 Å². The number of carbonyl (C=O) groups excluding carboxylic acids is 1. The molecule has 0 aliphatic heterocycles. The maximum absolute atomic E-state index is 12.5. The van der Waals surface area contributed by atoms with Crippen LogP contribution in [-0.2, 0) is 27.9 Å². The second kappa shape index (κ2) is 39.7. The van der Waals surface area contributed by atoms with E-state index in [0.29, 0.717) is 6.42 Å². The molecule has 0 rings (SSSR count). The van der Waals surface area contributed by atoms with E-state index < -0.39 is 19.9 Å². The molecule has 0 aromatic heterocycles. The number of ether oxygens (including phenoxy) is 2. The van der Waals surface area contributed by atoms with Crippen LogP contribution >= 0.6 is 7.82 Å². The number of carbonyl (C=O) groups is 1. The van der Waals surface area contributed by atoms with E-state index >= 15 is 0 Å².